The van der Waals surface area contributed by atoms with Crippen molar-refractivity contribution in [3.8, 4) is 0 Å². The minimum absolute atomic E-state index is 0.784. The Bertz CT molecular complexity index is 892. The molecule has 8 nitrogen and oxygen atoms in total. The van der Waals surface area contributed by atoms with E-state index in [-0.39, 0.29) is 0 Å². The molecule has 28 heavy (non-hydrogen) atoms. The van der Waals surface area contributed by atoms with Crippen molar-refractivity contribution in [3.63, 3.8) is 0 Å². The first-order valence-electron chi connectivity index (χ1n) is 8.24. The molecule has 1 N–H and O–H groups in total. The summed E-state index contributed by atoms with van der Waals surface area (Å²) < 4.78 is 36.0. The lowest BCUT2D eigenvalue weighted by atomic mass is 10.3. The highest BCUT2D eigenvalue weighted by Gasteiger charge is 2.38. The zero-order chi connectivity index (χ0) is 20.1. The smallest absolute Gasteiger partial charge is 0.475 e. The summed E-state index contributed by atoms with van der Waals surface area (Å²) in [6, 6.07) is 1.95. The largest absolute Gasteiger partial charge is 0.490 e. The second-order valence-corrected chi connectivity index (χ2v) is 6.94. The molecular weight excluding hydrogens is 397 g/mol. The van der Waals surface area contributed by atoms with Crippen LogP contribution in [0.25, 0.3) is 0 Å². The van der Waals surface area contributed by atoms with E-state index in [0.717, 1.165) is 38.5 Å². The van der Waals surface area contributed by atoms with Crippen LogP contribution in [0, 0.1) is 0 Å². The summed E-state index contributed by atoms with van der Waals surface area (Å²) in [6.45, 7) is 4.61. The highest BCUT2D eigenvalue weighted by atomic mass is 32.1. The van der Waals surface area contributed by atoms with E-state index in [9.17, 15) is 13.2 Å². The SMILES string of the molecule is O=C(O)C(F)(F)F.c1cnn(Cc2cnc3n2CCN(Cc2nccs2)C3)c1. The van der Waals surface area contributed by atoms with Crippen molar-refractivity contribution in [1.82, 2.24) is 29.2 Å². The molecule has 0 radical (unpaired) electrons. The molecule has 0 spiro atoms. The molecule has 3 aromatic heterocycles. The molecule has 4 heterocycles. The molecule has 0 atom stereocenters. The number of aliphatic carboxylic acids is 1. The number of alkyl halides is 3. The lowest BCUT2D eigenvalue weighted by Gasteiger charge is -2.27. The number of aromatic nitrogens is 5. The van der Waals surface area contributed by atoms with Crippen LogP contribution in [-0.4, -0.2) is 53.0 Å². The number of hydrogen-bond acceptors (Lipinski definition) is 6. The molecule has 0 saturated carbocycles. The van der Waals surface area contributed by atoms with Crippen LogP contribution in [0.4, 0.5) is 13.2 Å². The summed E-state index contributed by atoms with van der Waals surface area (Å²) in [5.74, 6) is -1.62. The topological polar surface area (TPSA) is 89.1 Å². The molecular formula is C16H17F3N6O2S. The Kier molecular flexibility index (Phi) is 6.09. The summed E-state index contributed by atoms with van der Waals surface area (Å²) in [7, 11) is 0. The molecule has 1 aliphatic rings. The van der Waals surface area contributed by atoms with E-state index in [0.29, 0.717) is 0 Å². The van der Waals surface area contributed by atoms with Crippen molar-refractivity contribution in [3.05, 3.63) is 52.8 Å². The molecule has 3 aromatic rings. The van der Waals surface area contributed by atoms with Crippen molar-refractivity contribution in [2.75, 3.05) is 6.54 Å². The van der Waals surface area contributed by atoms with Crippen LogP contribution in [0.1, 0.15) is 16.5 Å². The molecule has 0 aromatic carbocycles. The van der Waals surface area contributed by atoms with Crippen LogP contribution >= 0.6 is 11.3 Å². The Labute approximate surface area is 161 Å². The molecule has 0 aliphatic carbocycles. The summed E-state index contributed by atoms with van der Waals surface area (Å²) in [6.07, 6.45) is 2.55. The average Bonchev–Trinajstić information content (AvgIpc) is 3.38. The first-order chi connectivity index (χ1) is 13.3. The minimum Gasteiger partial charge on any atom is -0.475 e. The van der Waals surface area contributed by atoms with Gasteiger partial charge in [-0.15, -0.1) is 11.3 Å². The fourth-order valence-electron chi connectivity index (χ4n) is 2.72. The van der Waals surface area contributed by atoms with Gasteiger partial charge in [-0.25, -0.2) is 14.8 Å². The van der Waals surface area contributed by atoms with Crippen LogP contribution in [0.15, 0.2) is 36.2 Å². The third kappa shape index (κ3) is 5.16. The number of imidazole rings is 1. The third-order valence-electron chi connectivity index (χ3n) is 3.99. The van der Waals surface area contributed by atoms with Gasteiger partial charge in [0.05, 0.1) is 31.5 Å². The Hall–Kier alpha value is -2.73. The predicted octanol–water partition coefficient (Wildman–Crippen LogP) is 2.23. The van der Waals surface area contributed by atoms with E-state index in [2.05, 4.69) is 24.5 Å². The van der Waals surface area contributed by atoms with Crippen molar-refractivity contribution >= 4 is 17.3 Å². The number of hydrogen-bond donors (Lipinski definition) is 1. The maximum Gasteiger partial charge on any atom is 0.490 e. The first-order valence-corrected chi connectivity index (χ1v) is 9.12. The number of carbonyl (C=O) groups is 1. The third-order valence-corrected chi connectivity index (χ3v) is 4.76. The van der Waals surface area contributed by atoms with Crippen LogP contribution in [0.2, 0.25) is 0 Å². The molecule has 4 rings (SSSR count). The molecule has 0 fully saturated rings. The van der Waals surface area contributed by atoms with Crippen LogP contribution in [0.5, 0.6) is 0 Å². The van der Waals surface area contributed by atoms with Gasteiger partial charge >= 0.3 is 12.1 Å². The number of halogens is 3. The number of thiazole rings is 1. The lowest BCUT2D eigenvalue weighted by Crippen LogP contribution is -2.34. The van der Waals surface area contributed by atoms with Gasteiger partial charge in [0, 0.05) is 37.1 Å². The summed E-state index contributed by atoms with van der Waals surface area (Å²) in [5, 5.41) is 14.6. The van der Waals surface area contributed by atoms with Crippen LogP contribution in [0.3, 0.4) is 0 Å². The van der Waals surface area contributed by atoms with Gasteiger partial charge in [0.2, 0.25) is 0 Å². The van der Waals surface area contributed by atoms with Gasteiger partial charge in [-0.3, -0.25) is 9.58 Å². The van der Waals surface area contributed by atoms with E-state index in [1.165, 1.54) is 10.7 Å². The van der Waals surface area contributed by atoms with Crippen molar-refractivity contribution < 1.29 is 23.1 Å². The maximum absolute atomic E-state index is 10.6. The highest BCUT2D eigenvalue weighted by molar-refractivity contribution is 7.09. The summed E-state index contributed by atoms with van der Waals surface area (Å²) in [4.78, 5) is 20.2. The van der Waals surface area contributed by atoms with Gasteiger partial charge in [0.15, 0.2) is 0 Å². The van der Waals surface area contributed by atoms with Gasteiger partial charge in [-0.2, -0.15) is 18.3 Å². The Balaban J connectivity index is 0.000000279. The Morgan fingerprint density at radius 1 is 1.21 bits per heavy atom. The van der Waals surface area contributed by atoms with E-state index in [1.807, 2.05) is 40.9 Å². The van der Waals surface area contributed by atoms with Crippen LogP contribution < -0.4 is 0 Å². The standard InChI is InChI=1S/C14H16N6S.C2HF3O2/c1-2-17-19(4-1)9-12-8-16-13-10-18(5-6-20(12)13)11-14-15-3-7-21-14;3-2(4,5)1(6)7/h1-4,7-8H,5-6,9-11H2;(H,6,7). The van der Waals surface area contributed by atoms with Gasteiger partial charge in [-0.05, 0) is 6.07 Å². The van der Waals surface area contributed by atoms with Gasteiger partial charge in [-0.1, -0.05) is 0 Å². The first kappa shape index (κ1) is 20.0. The van der Waals surface area contributed by atoms with E-state index < -0.39 is 12.1 Å². The normalized spacial score (nSPS) is 14.2. The van der Waals surface area contributed by atoms with Gasteiger partial charge in [0.1, 0.15) is 10.8 Å². The molecule has 0 amide bonds. The predicted molar refractivity (Wildman–Crippen MR) is 93.5 cm³/mol. The second kappa shape index (κ2) is 8.52. The Morgan fingerprint density at radius 2 is 2.00 bits per heavy atom. The minimum atomic E-state index is -5.08. The molecule has 150 valence electrons. The summed E-state index contributed by atoms with van der Waals surface area (Å²) >= 11 is 1.71. The lowest BCUT2D eigenvalue weighted by molar-refractivity contribution is -0.192. The van der Waals surface area contributed by atoms with Crippen molar-refractivity contribution in [2.24, 2.45) is 0 Å². The van der Waals surface area contributed by atoms with Gasteiger partial charge < -0.3 is 9.67 Å². The molecule has 1 aliphatic heterocycles. The number of carboxylic acid groups (broad SMARTS) is 1. The van der Waals surface area contributed by atoms with E-state index in [4.69, 9.17) is 9.90 Å². The monoisotopic (exact) mass is 414 g/mol. The number of carboxylic acids is 1. The highest BCUT2D eigenvalue weighted by Crippen LogP contribution is 2.18. The molecule has 0 unspecified atom stereocenters. The summed E-state index contributed by atoms with van der Waals surface area (Å²) in [5.41, 5.74) is 1.22. The second-order valence-electron chi connectivity index (χ2n) is 5.96. The van der Waals surface area contributed by atoms with Gasteiger partial charge in [0.25, 0.3) is 0 Å². The average molecular weight is 414 g/mol. The van der Waals surface area contributed by atoms with E-state index in [1.54, 1.807) is 11.3 Å². The molecule has 12 heteroatoms. The number of fused-ring (bicyclic) bond motifs is 1. The number of rotatable bonds is 4. The van der Waals surface area contributed by atoms with Crippen LogP contribution in [-0.2, 0) is 31.0 Å². The zero-order valence-corrected chi connectivity index (χ0v) is 15.4. The Morgan fingerprint density at radius 3 is 2.61 bits per heavy atom. The van der Waals surface area contributed by atoms with Crippen molar-refractivity contribution in [2.45, 2.75) is 32.4 Å². The van der Waals surface area contributed by atoms with Crippen molar-refractivity contribution in [1.29, 1.82) is 0 Å². The molecule has 0 saturated heterocycles. The maximum atomic E-state index is 10.6. The number of nitrogens with zero attached hydrogens (tertiary/aromatic N) is 6. The fraction of sp³-hybridized carbons (Fsp3) is 0.375. The fourth-order valence-corrected chi connectivity index (χ4v) is 3.37. The quantitative estimate of drug-likeness (QED) is 0.704. The van der Waals surface area contributed by atoms with E-state index >= 15 is 0 Å². The molecule has 0 bridgehead atoms. The zero-order valence-electron chi connectivity index (χ0n) is 14.6.